The standard InChI is InChI=1S/C22H31N5/c1-18-10-11-19(16-25-18)12-13-24-22(23-2)26-17-21(27-14-6-7-15-27)20-8-4-3-5-9-20/h3-5,8-11,16,21H,6-7,12-15,17H2,1-2H3,(H2,23,24,26). The number of likely N-dealkylation sites (tertiary alicyclic amines) is 1. The highest BCUT2D eigenvalue weighted by Crippen LogP contribution is 2.24. The molecule has 2 N–H and O–H groups in total. The number of aryl methyl sites for hydroxylation is 1. The second-order valence-corrected chi connectivity index (χ2v) is 7.11. The Morgan fingerprint density at radius 1 is 1.11 bits per heavy atom. The summed E-state index contributed by atoms with van der Waals surface area (Å²) in [6.07, 6.45) is 5.47. The van der Waals surface area contributed by atoms with E-state index in [1.807, 2.05) is 20.2 Å². The maximum Gasteiger partial charge on any atom is 0.191 e. The predicted octanol–water partition coefficient (Wildman–Crippen LogP) is 2.93. The average Bonchev–Trinajstić information content (AvgIpc) is 3.23. The number of benzene rings is 1. The maximum atomic E-state index is 4.39. The molecule has 27 heavy (non-hydrogen) atoms. The van der Waals surface area contributed by atoms with E-state index in [2.05, 4.69) is 68.0 Å². The van der Waals surface area contributed by atoms with Crippen LogP contribution >= 0.6 is 0 Å². The van der Waals surface area contributed by atoms with Crippen LogP contribution in [0.2, 0.25) is 0 Å². The van der Waals surface area contributed by atoms with Gasteiger partial charge in [0.05, 0.1) is 6.04 Å². The van der Waals surface area contributed by atoms with Gasteiger partial charge in [-0.15, -0.1) is 0 Å². The summed E-state index contributed by atoms with van der Waals surface area (Å²) in [5.74, 6) is 0.857. The lowest BCUT2D eigenvalue weighted by atomic mass is 10.1. The quantitative estimate of drug-likeness (QED) is 0.585. The number of nitrogens with one attached hydrogen (secondary N) is 2. The lowest BCUT2D eigenvalue weighted by molar-refractivity contribution is 0.245. The Balaban J connectivity index is 1.52. The number of nitrogens with zero attached hydrogens (tertiary/aromatic N) is 3. The first kappa shape index (κ1) is 19.4. The van der Waals surface area contributed by atoms with Crippen molar-refractivity contribution in [3.63, 3.8) is 0 Å². The van der Waals surface area contributed by atoms with Gasteiger partial charge in [0, 0.05) is 32.0 Å². The second kappa shape index (κ2) is 10.1. The van der Waals surface area contributed by atoms with Crippen molar-refractivity contribution >= 4 is 5.96 Å². The van der Waals surface area contributed by atoms with E-state index in [0.29, 0.717) is 6.04 Å². The molecule has 0 saturated carbocycles. The van der Waals surface area contributed by atoms with Crippen LogP contribution in [0.5, 0.6) is 0 Å². The normalized spacial score (nSPS) is 16.3. The third-order valence-electron chi connectivity index (χ3n) is 5.13. The molecule has 5 nitrogen and oxygen atoms in total. The monoisotopic (exact) mass is 365 g/mol. The number of hydrogen-bond acceptors (Lipinski definition) is 3. The van der Waals surface area contributed by atoms with Crippen LogP contribution in [-0.4, -0.2) is 49.1 Å². The molecule has 1 aliphatic heterocycles. The van der Waals surface area contributed by atoms with Crippen molar-refractivity contribution in [3.05, 3.63) is 65.5 Å². The lowest BCUT2D eigenvalue weighted by Crippen LogP contribution is -2.43. The van der Waals surface area contributed by atoms with Gasteiger partial charge in [-0.3, -0.25) is 14.9 Å². The largest absolute Gasteiger partial charge is 0.356 e. The van der Waals surface area contributed by atoms with E-state index >= 15 is 0 Å². The van der Waals surface area contributed by atoms with Gasteiger partial charge in [0.15, 0.2) is 5.96 Å². The van der Waals surface area contributed by atoms with Crippen molar-refractivity contribution in [1.82, 2.24) is 20.5 Å². The first-order valence-electron chi connectivity index (χ1n) is 9.91. The van der Waals surface area contributed by atoms with Crippen molar-refractivity contribution in [3.8, 4) is 0 Å². The molecule has 2 aromatic rings. The molecule has 1 fully saturated rings. The van der Waals surface area contributed by atoms with E-state index in [-0.39, 0.29) is 0 Å². The van der Waals surface area contributed by atoms with Gasteiger partial charge in [-0.05, 0) is 56.5 Å². The molecule has 0 radical (unpaired) electrons. The topological polar surface area (TPSA) is 52.6 Å². The third-order valence-corrected chi connectivity index (χ3v) is 5.13. The van der Waals surface area contributed by atoms with Crippen LogP contribution in [0.1, 0.15) is 35.7 Å². The summed E-state index contributed by atoms with van der Waals surface area (Å²) in [6, 6.07) is 15.4. The first-order chi connectivity index (χ1) is 13.3. The molecule has 3 rings (SSSR count). The van der Waals surface area contributed by atoms with Gasteiger partial charge in [0.1, 0.15) is 0 Å². The van der Waals surface area contributed by atoms with E-state index in [1.165, 1.54) is 37.1 Å². The van der Waals surface area contributed by atoms with Gasteiger partial charge in [0.2, 0.25) is 0 Å². The summed E-state index contributed by atoms with van der Waals surface area (Å²) in [5.41, 5.74) is 3.66. The Bertz CT molecular complexity index is 705. The fraction of sp³-hybridized carbons (Fsp3) is 0.455. The van der Waals surface area contributed by atoms with Crippen molar-refractivity contribution in [2.45, 2.75) is 32.2 Å². The Hall–Kier alpha value is -2.40. The molecule has 1 unspecified atom stereocenters. The first-order valence-corrected chi connectivity index (χ1v) is 9.91. The van der Waals surface area contributed by atoms with Crippen molar-refractivity contribution in [2.75, 3.05) is 33.2 Å². The van der Waals surface area contributed by atoms with Crippen LogP contribution in [0.3, 0.4) is 0 Å². The zero-order valence-corrected chi connectivity index (χ0v) is 16.5. The van der Waals surface area contributed by atoms with Gasteiger partial charge in [-0.25, -0.2) is 0 Å². The van der Waals surface area contributed by atoms with E-state index in [4.69, 9.17) is 0 Å². The number of aromatic nitrogens is 1. The summed E-state index contributed by atoms with van der Waals surface area (Å²) >= 11 is 0. The number of pyridine rings is 1. The molecule has 1 saturated heterocycles. The molecule has 0 amide bonds. The molecule has 1 aromatic heterocycles. The third kappa shape index (κ3) is 5.79. The molecule has 2 heterocycles. The Morgan fingerprint density at radius 3 is 2.56 bits per heavy atom. The summed E-state index contributed by atoms with van der Waals surface area (Å²) in [5, 5.41) is 6.94. The van der Waals surface area contributed by atoms with Gasteiger partial charge in [-0.1, -0.05) is 36.4 Å². The zero-order valence-electron chi connectivity index (χ0n) is 16.5. The summed E-state index contributed by atoms with van der Waals surface area (Å²) in [7, 11) is 1.83. The highest BCUT2D eigenvalue weighted by atomic mass is 15.2. The zero-order chi connectivity index (χ0) is 18.9. The summed E-state index contributed by atoms with van der Waals surface area (Å²) in [6.45, 7) is 6.05. The fourth-order valence-electron chi connectivity index (χ4n) is 3.57. The molecule has 1 aromatic carbocycles. The number of guanidine groups is 1. The van der Waals surface area contributed by atoms with Gasteiger partial charge in [0.25, 0.3) is 0 Å². The fourth-order valence-corrected chi connectivity index (χ4v) is 3.57. The van der Waals surface area contributed by atoms with E-state index in [9.17, 15) is 0 Å². The molecule has 144 valence electrons. The molecule has 0 aliphatic carbocycles. The van der Waals surface area contributed by atoms with Crippen LogP contribution < -0.4 is 10.6 Å². The van der Waals surface area contributed by atoms with E-state index in [1.54, 1.807) is 0 Å². The van der Waals surface area contributed by atoms with Gasteiger partial charge < -0.3 is 10.6 Å². The predicted molar refractivity (Wildman–Crippen MR) is 112 cm³/mol. The Kier molecular flexibility index (Phi) is 7.22. The van der Waals surface area contributed by atoms with E-state index < -0.39 is 0 Å². The molecule has 5 heteroatoms. The number of aliphatic imine (C=N–C) groups is 1. The Labute approximate surface area is 162 Å². The van der Waals surface area contributed by atoms with Crippen LogP contribution in [0.25, 0.3) is 0 Å². The minimum atomic E-state index is 0.383. The van der Waals surface area contributed by atoms with Crippen LogP contribution in [0, 0.1) is 6.92 Å². The molecular weight excluding hydrogens is 334 g/mol. The average molecular weight is 366 g/mol. The summed E-state index contributed by atoms with van der Waals surface area (Å²) in [4.78, 5) is 11.3. The maximum absolute atomic E-state index is 4.39. The number of hydrogen-bond donors (Lipinski definition) is 2. The minimum Gasteiger partial charge on any atom is -0.356 e. The molecule has 0 bridgehead atoms. The second-order valence-electron chi connectivity index (χ2n) is 7.11. The van der Waals surface area contributed by atoms with Crippen molar-refractivity contribution < 1.29 is 0 Å². The van der Waals surface area contributed by atoms with Gasteiger partial charge >= 0.3 is 0 Å². The molecule has 1 atom stereocenters. The molecule has 1 aliphatic rings. The van der Waals surface area contributed by atoms with Crippen LogP contribution in [0.4, 0.5) is 0 Å². The molecular formula is C22H31N5. The number of rotatable bonds is 7. The highest BCUT2D eigenvalue weighted by Gasteiger charge is 2.23. The Morgan fingerprint density at radius 2 is 1.89 bits per heavy atom. The van der Waals surface area contributed by atoms with Crippen LogP contribution in [0.15, 0.2) is 53.7 Å². The van der Waals surface area contributed by atoms with E-state index in [0.717, 1.165) is 31.2 Å². The lowest BCUT2D eigenvalue weighted by Gasteiger charge is -2.29. The minimum absolute atomic E-state index is 0.383. The SMILES string of the molecule is CN=C(NCCc1ccc(C)nc1)NCC(c1ccccc1)N1CCCC1. The van der Waals surface area contributed by atoms with Crippen molar-refractivity contribution in [1.29, 1.82) is 0 Å². The van der Waals surface area contributed by atoms with Crippen LogP contribution in [-0.2, 0) is 6.42 Å². The van der Waals surface area contributed by atoms with Crippen molar-refractivity contribution in [2.24, 2.45) is 4.99 Å². The summed E-state index contributed by atoms with van der Waals surface area (Å²) < 4.78 is 0. The highest BCUT2D eigenvalue weighted by molar-refractivity contribution is 5.79. The smallest absolute Gasteiger partial charge is 0.191 e. The van der Waals surface area contributed by atoms with Gasteiger partial charge in [-0.2, -0.15) is 0 Å². The molecule has 0 spiro atoms.